The molecule has 0 spiro atoms. The number of rotatable bonds is 10. The maximum Gasteiger partial charge on any atom is 0.282 e. The van der Waals surface area contributed by atoms with Gasteiger partial charge in [-0.2, -0.15) is 9.78 Å². The summed E-state index contributed by atoms with van der Waals surface area (Å²) < 4.78 is 13.8. The summed E-state index contributed by atoms with van der Waals surface area (Å²) in [6.07, 6.45) is 9.17. The molecule has 1 aromatic heterocycles. The van der Waals surface area contributed by atoms with Crippen molar-refractivity contribution >= 4 is 56.2 Å². The van der Waals surface area contributed by atoms with Crippen molar-refractivity contribution in [1.29, 1.82) is 0 Å². The Hall–Kier alpha value is -3.95. The van der Waals surface area contributed by atoms with E-state index in [4.69, 9.17) is 26.1 Å². The third kappa shape index (κ3) is 7.35. The number of allylic oxidation sites excluding steroid dienone is 1. The molecule has 8 nitrogen and oxygen atoms in total. The van der Waals surface area contributed by atoms with Crippen LogP contribution >= 0.6 is 27.5 Å². The van der Waals surface area contributed by atoms with Crippen LogP contribution in [0.4, 0.5) is 5.69 Å². The number of amides is 1. The Balaban J connectivity index is 1.46. The Labute approximate surface area is 263 Å². The Morgan fingerprint density at radius 3 is 2.65 bits per heavy atom. The Morgan fingerprint density at radius 1 is 1.16 bits per heavy atom. The Kier molecular flexibility index (Phi) is 9.94. The van der Waals surface area contributed by atoms with Crippen LogP contribution in [0.1, 0.15) is 55.0 Å². The number of nitrogens with one attached hydrogen (secondary N) is 1. The van der Waals surface area contributed by atoms with Crippen molar-refractivity contribution in [2.75, 3.05) is 19.0 Å². The smallest absolute Gasteiger partial charge is 0.282 e. The van der Waals surface area contributed by atoms with E-state index in [1.807, 2.05) is 18.2 Å². The minimum Gasteiger partial charge on any atom is -0.493 e. The molecule has 1 fully saturated rings. The first-order valence-corrected chi connectivity index (χ1v) is 15.3. The summed E-state index contributed by atoms with van der Waals surface area (Å²) in [5.41, 5.74) is 2.52. The first-order chi connectivity index (χ1) is 20.9. The number of benzene rings is 3. The van der Waals surface area contributed by atoms with Gasteiger partial charge >= 0.3 is 0 Å². The molecule has 0 saturated heterocycles. The predicted octanol–water partition coefficient (Wildman–Crippen LogP) is 7.50. The molecule has 1 aliphatic carbocycles. The van der Waals surface area contributed by atoms with Crippen LogP contribution in [-0.2, 0) is 11.2 Å². The summed E-state index contributed by atoms with van der Waals surface area (Å²) in [7, 11) is 1.53. The number of hydrogen-bond donors (Lipinski definition) is 1. The van der Waals surface area contributed by atoms with Crippen molar-refractivity contribution < 1.29 is 14.3 Å². The second kappa shape index (κ2) is 14.0. The van der Waals surface area contributed by atoms with Gasteiger partial charge in [-0.1, -0.05) is 52.9 Å². The number of anilines is 1. The highest BCUT2D eigenvalue weighted by Crippen LogP contribution is 2.34. The average Bonchev–Trinajstić information content (AvgIpc) is 3.01. The number of carbonyl (C=O) groups excluding carboxylic acids is 1. The van der Waals surface area contributed by atoms with Gasteiger partial charge in [0.25, 0.3) is 11.5 Å². The van der Waals surface area contributed by atoms with Crippen molar-refractivity contribution in [3.63, 3.8) is 0 Å². The molecule has 5 rings (SSSR count). The molecule has 1 N–H and O–H groups in total. The standard InChI is InChI=1S/C33H32BrClN4O4/c1-3-7-23-16-21(17-29(42-2)31(23)43-20-30(40)37-26-13-11-25(35)12-14-26)19-36-39-32(22-8-5-4-6-9-22)38-28-15-10-24(34)18-27(28)33(39)41/h3,10-19,22H,1,4-9,20H2,2H3,(H,37,40). The van der Waals surface area contributed by atoms with Crippen LogP contribution in [0, 0.1) is 0 Å². The van der Waals surface area contributed by atoms with Crippen LogP contribution < -0.4 is 20.3 Å². The van der Waals surface area contributed by atoms with Crippen molar-refractivity contribution in [3.05, 3.63) is 104 Å². The summed E-state index contributed by atoms with van der Waals surface area (Å²) in [5, 5.41) is 8.53. The van der Waals surface area contributed by atoms with Crippen molar-refractivity contribution in [1.82, 2.24) is 9.66 Å². The molecule has 1 amide bonds. The maximum atomic E-state index is 13.7. The van der Waals surface area contributed by atoms with Crippen LogP contribution in [0.3, 0.4) is 0 Å². The quantitative estimate of drug-likeness (QED) is 0.140. The normalized spacial score (nSPS) is 13.7. The molecular weight excluding hydrogens is 632 g/mol. The second-order valence-electron chi connectivity index (χ2n) is 10.4. The van der Waals surface area contributed by atoms with Gasteiger partial charge in [-0.05, 0) is 79.4 Å². The lowest BCUT2D eigenvalue weighted by Gasteiger charge is -2.22. The molecule has 10 heteroatoms. The fourth-order valence-electron chi connectivity index (χ4n) is 5.28. The molecule has 43 heavy (non-hydrogen) atoms. The third-order valence-corrected chi connectivity index (χ3v) is 8.09. The highest BCUT2D eigenvalue weighted by atomic mass is 79.9. The summed E-state index contributed by atoms with van der Waals surface area (Å²) >= 11 is 9.40. The van der Waals surface area contributed by atoms with Gasteiger partial charge in [-0.3, -0.25) is 9.59 Å². The molecule has 1 saturated carbocycles. The Bertz CT molecular complexity index is 1730. The van der Waals surface area contributed by atoms with Gasteiger partial charge in [0.05, 0.1) is 24.2 Å². The van der Waals surface area contributed by atoms with Gasteiger partial charge in [-0.15, -0.1) is 6.58 Å². The minimum absolute atomic E-state index is 0.160. The van der Waals surface area contributed by atoms with Crippen molar-refractivity contribution in [2.24, 2.45) is 5.10 Å². The first-order valence-electron chi connectivity index (χ1n) is 14.1. The maximum absolute atomic E-state index is 13.7. The van der Waals surface area contributed by atoms with Gasteiger partial charge in [0, 0.05) is 26.7 Å². The Morgan fingerprint density at radius 2 is 1.93 bits per heavy atom. The number of methoxy groups -OCH3 is 1. The molecule has 0 aliphatic heterocycles. The third-order valence-electron chi connectivity index (χ3n) is 7.34. The molecular formula is C33H32BrClN4O4. The lowest BCUT2D eigenvalue weighted by Crippen LogP contribution is -2.25. The van der Waals surface area contributed by atoms with Gasteiger partial charge in [0.2, 0.25) is 0 Å². The number of carbonyl (C=O) groups is 1. The minimum atomic E-state index is -0.329. The average molecular weight is 664 g/mol. The first kappa shape index (κ1) is 30.5. The molecule has 0 bridgehead atoms. The molecule has 4 aromatic rings. The highest BCUT2D eigenvalue weighted by molar-refractivity contribution is 9.10. The molecule has 0 radical (unpaired) electrons. The van der Waals surface area contributed by atoms with Crippen LogP contribution in [-0.4, -0.2) is 35.5 Å². The van der Waals surface area contributed by atoms with Gasteiger partial charge in [0.15, 0.2) is 18.1 Å². The number of halogens is 2. The summed E-state index contributed by atoms with van der Waals surface area (Å²) in [4.78, 5) is 31.2. The molecule has 222 valence electrons. The molecule has 3 aromatic carbocycles. The van der Waals surface area contributed by atoms with E-state index < -0.39 is 0 Å². The van der Waals surface area contributed by atoms with Crippen LogP contribution in [0.2, 0.25) is 5.02 Å². The van der Waals surface area contributed by atoms with E-state index in [1.54, 1.807) is 48.7 Å². The summed E-state index contributed by atoms with van der Waals surface area (Å²) in [6.45, 7) is 3.64. The van der Waals surface area contributed by atoms with E-state index in [0.29, 0.717) is 50.9 Å². The van der Waals surface area contributed by atoms with E-state index in [1.165, 1.54) is 18.2 Å². The van der Waals surface area contributed by atoms with Gasteiger partial charge < -0.3 is 14.8 Å². The number of fused-ring (bicyclic) bond motifs is 1. The summed E-state index contributed by atoms with van der Waals surface area (Å²) in [6, 6.07) is 16.0. The molecule has 1 aliphatic rings. The number of hydrogen-bond acceptors (Lipinski definition) is 6. The van der Waals surface area contributed by atoms with Crippen molar-refractivity contribution in [3.8, 4) is 11.5 Å². The number of ether oxygens (including phenoxy) is 2. The summed E-state index contributed by atoms with van der Waals surface area (Å²) in [5.74, 6) is 1.38. The van der Waals surface area contributed by atoms with E-state index in [2.05, 4.69) is 32.9 Å². The number of aromatic nitrogens is 2. The van der Waals surface area contributed by atoms with Gasteiger partial charge in [-0.25, -0.2) is 4.98 Å². The largest absolute Gasteiger partial charge is 0.493 e. The second-order valence-corrected chi connectivity index (χ2v) is 11.7. The van der Waals surface area contributed by atoms with E-state index in [0.717, 1.165) is 35.7 Å². The lowest BCUT2D eigenvalue weighted by atomic mass is 9.88. The molecule has 0 unspecified atom stereocenters. The zero-order valence-electron chi connectivity index (χ0n) is 23.8. The van der Waals surface area contributed by atoms with Crippen LogP contribution in [0.25, 0.3) is 10.9 Å². The van der Waals surface area contributed by atoms with Crippen LogP contribution in [0.5, 0.6) is 11.5 Å². The monoisotopic (exact) mass is 662 g/mol. The zero-order chi connectivity index (χ0) is 30.3. The fourth-order valence-corrected chi connectivity index (χ4v) is 5.76. The zero-order valence-corrected chi connectivity index (χ0v) is 26.2. The topological polar surface area (TPSA) is 94.8 Å². The fraction of sp³-hybridized carbons (Fsp3) is 0.273. The van der Waals surface area contributed by atoms with Crippen LogP contribution in [0.15, 0.2) is 81.6 Å². The highest BCUT2D eigenvalue weighted by Gasteiger charge is 2.23. The SMILES string of the molecule is C=CCc1cc(C=Nn2c(C3CCCCC3)nc3ccc(Br)cc3c2=O)cc(OC)c1OCC(=O)Nc1ccc(Cl)cc1. The van der Waals surface area contributed by atoms with Crippen molar-refractivity contribution in [2.45, 2.75) is 44.4 Å². The number of nitrogens with zero attached hydrogens (tertiary/aromatic N) is 3. The lowest BCUT2D eigenvalue weighted by molar-refractivity contribution is -0.118. The van der Waals surface area contributed by atoms with E-state index >= 15 is 0 Å². The molecule has 0 atom stereocenters. The van der Waals surface area contributed by atoms with Gasteiger partial charge in [0.1, 0.15) is 5.82 Å². The predicted molar refractivity (Wildman–Crippen MR) is 175 cm³/mol. The van der Waals surface area contributed by atoms with E-state index in [9.17, 15) is 9.59 Å². The molecule has 1 heterocycles. The van der Waals surface area contributed by atoms with E-state index in [-0.39, 0.29) is 24.0 Å².